The predicted octanol–water partition coefficient (Wildman–Crippen LogP) is 3.45. The number of hydrogen-bond acceptors (Lipinski definition) is 8. The van der Waals surface area contributed by atoms with Crippen molar-refractivity contribution in [2.75, 3.05) is 38.5 Å². The molecule has 0 bridgehead atoms. The summed E-state index contributed by atoms with van der Waals surface area (Å²) >= 11 is 1.51. The molecule has 0 atom stereocenters. The maximum Gasteiger partial charge on any atom is 0.259 e. The Kier molecular flexibility index (Phi) is 5.94. The lowest BCUT2D eigenvalue weighted by Gasteiger charge is -2.31. The molecule has 1 aliphatic heterocycles. The maximum absolute atomic E-state index is 13.2. The Morgan fingerprint density at radius 2 is 1.85 bits per heavy atom. The fraction of sp³-hybridized carbons (Fsp3) is 0.261. The van der Waals surface area contributed by atoms with E-state index in [-0.39, 0.29) is 10.8 Å². The smallest absolute Gasteiger partial charge is 0.259 e. The van der Waals surface area contributed by atoms with Crippen molar-refractivity contribution in [2.24, 2.45) is 0 Å². The van der Waals surface area contributed by atoms with Gasteiger partial charge in [-0.2, -0.15) is 4.31 Å². The van der Waals surface area contributed by atoms with E-state index >= 15 is 0 Å². The minimum atomic E-state index is -3.57. The van der Waals surface area contributed by atoms with Crippen molar-refractivity contribution in [3.05, 3.63) is 59.1 Å². The molecule has 34 heavy (non-hydrogen) atoms. The normalized spacial score (nSPS) is 15.6. The molecule has 0 aliphatic carbocycles. The molecule has 1 amide bonds. The first kappa shape index (κ1) is 22.7. The molecule has 9 nitrogen and oxygen atoms in total. The minimum absolute atomic E-state index is 0.205. The van der Waals surface area contributed by atoms with E-state index in [2.05, 4.69) is 20.4 Å². The predicted molar refractivity (Wildman–Crippen MR) is 131 cm³/mol. The number of thiophene rings is 1. The van der Waals surface area contributed by atoms with Crippen molar-refractivity contribution >= 4 is 44.1 Å². The summed E-state index contributed by atoms with van der Waals surface area (Å²) in [5, 5.41) is 9.31. The molecule has 4 heterocycles. The number of aromatic nitrogens is 2. The van der Waals surface area contributed by atoms with Crippen LogP contribution in [0.1, 0.15) is 16.1 Å². The second kappa shape index (κ2) is 8.91. The molecule has 3 aromatic heterocycles. The number of pyridine rings is 1. The highest BCUT2D eigenvalue weighted by molar-refractivity contribution is 7.89. The summed E-state index contributed by atoms with van der Waals surface area (Å²) in [6, 6.07) is 11.8. The average Bonchev–Trinajstić information content (AvgIpc) is 3.50. The van der Waals surface area contributed by atoms with Crippen molar-refractivity contribution in [3.63, 3.8) is 0 Å². The van der Waals surface area contributed by atoms with Crippen molar-refractivity contribution < 1.29 is 17.7 Å². The fourth-order valence-electron chi connectivity index (χ4n) is 3.91. The van der Waals surface area contributed by atoms with Crippen molar-refractivity contribution in [2.45, 2.75) is 11.8 Å². The van der Waals surface area contributed by atoms with Crippen LogP contribution >= 0.6 is 11.3 Å². The fourth-order valence-corrected chi connectivity index (χ4v) is 6.02. The van der Waals surface area contributed by atoms with Crippen LogP contribution in [0.4, 0.5) is 5.69 Å². The topological polar surface area (TPSA) is 109 Å². The van der Waals surface area contributed by atoms with Crippen LogP contribution in [0, 0.1) is 6.92 Å². The zero-order chi connectivity index (χ0) is 23.9. The van der Waals surface area contributed by atoms with Gasteiger partial charge in [0.1, 0.15) is 0 Å². The van der Waals surface area contributed by atoms with Crippen LogP contribution in [0.3, 0.4) is 0 Å². The molecule has 1 N–H and O–H groups in total. The summed E-state index contributed by atoms with van der Waals surface area (Å²) in [4.78, 5) is 20.9. The zero-order valence-electron chi connectivity index (χ0n) is 18.7. The third-order valence-corrected chi connectivity index (χ3v) is 8.65. The summed E-state index contributed by atoms with van der Waals surface area (Å²) in [5.41, 5.74) is 2.36. The molecule has 1 saturated heterocycles. The number of anilines is 1. The van der Waals surface area contributed by atoms with Crippen LogP contribution in [0.5, 0.6) is 0 Å². The summed E-state index contributed by atoms with van der Waals surface area (Å²) in [7, 11) is -1.60. The summed E-state index contributed by atoms with van der Waals surface area (Å²) in [6.45, 7) is 4.07. The molecular weight excluding hydrogens is 474 g/mol. The van der Waals surface area contributed by atoms with E-state index in [1.807, 2.05) is 24.6 Å². The number of likely N-dealkylation sites (N-methyl/N-ethyl adjacent to an activating group) is 1. The van der Waals surface area contributed by atoms with Crippen LogP contribution in [-0.2, 0) is 10.0 Å². The molecular formula is C23H23N5O4S2. The SMILES string of the molecule is Cc1noc2nc(-c3cccs3)cc(C(=O)Nc3ccc(S(=O)(=O)N4CCN(C)CC4)cc3)c12. The van der Waals surface area contributed by atoms with Gasteiger partial charge in [-0.25, -0.2) is 13.4 Å². The summed E-state index contributed by atoms with van der Waals surface area (Å²) < 4.78 is 32.7. The van der Waals surface area contributed by atoms with Gasteiger partial charge in [0.25, 0.3) is 11.6 Å². The van der Waals surface area contributed by atoms with E-state index in [0.717, 1.165) is 4.88 Å². The van der Waals surface area contributed by atoms with Crippen molar-refractivity contribution in [1.29, 1.82) is 0 Å². The van der Waals surface area contributed by atoms with Gasteiger partial charge >= 0.3 is 0 Å². The molecule has 176 valence electrons. The first-order chi connectivity index (χ1) is 16.3. The van der Waals surface area contributed by atoms with Gasteiger partial charge in [0.15, 0.2) is 0 Å². The highest BCUT2D eigenvalue weighted by Crippen LogP contribution is 2.30. The second-order valence-electron chi connectivity index (χ2n) is 8.17. The average molecular weight is 498 g/mol. The number of hydrogen-bond donors (Lipinski definition) is 1. The lowest BCUT2D eigenvalue weighted by Crippen LogP contribution is -2.46. The van der Waals surface area contributed by atoms with Gasteiger partial charge in [-0.1, -0.05) is 11.2 Å². The standard InChI is InChI=1S/C23H23N5O4S2/c1-15-21-18(14-19(20-4-3-13-33-20)25-23(21)32-26-15)22(29)24-16-5-7-17(8-6-16)34(30,31)28-11-9-27(2)10-12-28/h3-8,13-14H,9-12H2,1-2H3,(H,24,29). The molecule has 0 spiro atoms. The van der Waals surface area contributed by atoms with Crippen LogP contribution in [-0.4, -0.2) is 66.9 Å². The molecule has 4 aromatic rings. The maximum atomic E-state index is 13.2. The largest absolute Gasteiger partial charge is 0.335 e. The highest BCUT2D eigenvalue weighted by Gasteiger charge is 2.27. The molecule has 1 aliphatic rings. The molecule has 0 saturated carbocycles. The number of carbonyl (C=O) groups is 1. The van der Waals surface area contributed by atoms with Gasteiger partial charge in [-0.05, 0) is 55.7 Å². The number of carbonyl (C=O) groups excluding carboxylic acids is 1. The van der Waals surface area contributed by atoms with E-state index in [9.17, 15) is 13.2 Å². The number of nitrogens with one attached hydrogen (secondary N) is 1. The van der Waals surface area contributed by atoms with E-state index in [1.54, 1.807) is 25.1 Å². The first-order valence-corrected chi connectivity index (χ1v) is 13.1. The Morgan fingerprint density at radius 1 is 1.12 bits per heavy atom. The van der Waals surface area contributed by atoms with Gasteiger partial charge < -0.3 is 14.7 Å². The molecule has 0 unspecified atom stereocenters. The Labute approximate surface area is 201 Å². The number of nitrogens with zero attached hydrogens (tertiary/aromatic N) is 4. The summed E-state index contributed by atoms with van der Waals surface area (Å²) in [5.74, 6) is -0.355. The minimum Gasteiger partial charge on any atom is -0.335 e. The lowest BCUT2D eigenvalue weighted by atomic mass is 10.1. The number of amides is 1. The Bertz CT molecular complexity index is 1440. The van der Waals surface area contributed by atoms with Crippen LogP contribution in [0.2, 0.25) is 0 Å². The quantitative estimate of drug-likeness (QED) is 0.450. The molecule has 1 aromatic carbocycles. The van der Waals surface area contributed by atoms with E-state index in [0.29, 0.717) is 59.9 Å². The van der Waals surface area contributed by atoms with E-state index in [4.69, 9.17) is 4.52 Å². The van der Waals surface area contributed by atoms with Crippen LogP contribution < -0.4 is 5.32 Å². The van der Waals surface area contributed by atoms with Crippen LogP contribution in [0.15, 0.2) is 57.3 Å². The summed E-state index contributed by atoms with van der Waals surface area (Å²) in [6.07, 6.45) is 0. The second-order valence-corrected chi connectivity index (χ2v) is 11.1. The monoisotopic (exact) mass is 497 g/mol. The Hall–Kier alpha value is -3.12. The van der Waals surface area contributed by atoms with Crippen LogP contribution in [0.25, 0.3) is 21.7 Å². The molecule has 0 radical (unpaired) electrons. The Morgan fingerprint density at radius 3 is 2.53 bits per heavy atom. The molecule has 5 rings (SSSR count). The van der Waals surface area contributed by atoms with Gasteiger partial charge in [0.2, 0.25) is 10.0 Å². The number of rotatable bonds is 5. The number of piperazine rings is 1. The van der Waals surface area contributed by atoms with Crippen molar-refractivity contribution in [1.82, 2.24) is 19.3 Å². The number of benzene rings is 1. The van der Waals surface area contributed by atoms with Gasteiger partial charge in [-0.3, -0.25) is 4.79 Å². The van der Waals surface area contributed by atoms with Gasteiger partial charge in [0.05, 0.1) is 32.1 Å². The van der Waals surface area contributed by atoms with Gasteiger partial charge in [-0.15, -0.1) is 11.3 Å². The third kappa shape index (κ3) is 4.23. The molecule has 1 fully saturated rings. The highest BCUT2D eigenvalue weighted by atomic mass is 32.2. The number of aryl methyl sites for hydroxylation is 1. The lowest BCUT2D eigenvalue weighted by molar-refractivity contribution is 0.102. The third-order valence-electron chi connectivity index (χ3n) is 5.85. The zero-order valence-corrected chi connectivity index (χ0v) is 20.3. The van der Waals surface area contributed by atoms with E-state index < -0.39 is 10.0 Å². The Balaban J connectivity index is 1.40. The van der Waals surface area contributed by atoms with Gasteiger partial charge in [0, 0.05) is 31.9 Å². The number of sulfonamides is 1. The number of fused-ring (bicyclic) bond motifs is 1. The first-order valence-electron chi connectivity index (χ1n) is 10.7. The molecule has 11 heteroatoms. The van der Waals surface area contributed by atoms with E-state index in [1.165, 1.54) is 27.8 Å². The van der Waals surface area contributed by atoms with Crippen molar-refractivity contribution in [3.8, 4) is 10.6 Å².